The molecule has 0 unspecified atom stereocenters. The molecule has 0 saturated carbocycles. The average Bonchev–Trinajstić information content (AvgIpc) is 2.38. The number of benzene rings is 1. The fourth-order valence-corrected chi connectivity index (χ4v) is 1.87. The van der Waals surface area contributed by atoms with E-state index in [2.05, 4.69) is 4.74 Å². The SMILES string of the molecule is O=C1CC(CF)(CF)Oc2c(OC(F)(F)F)cccc21. The zero-order chi connectivity index (χ0) is 15.0. The van der Waals surface area contributed by atoms with Crippen LogP contribution in [0.1, 0.15) is 16.8 Å². The number of Topliss-reactive ketones (excluding diaryl/α,β-unsaturated/α-hetero) is 1. The largest absolute Gasteiger partial charge is 0.573 e. The van der Waals surface area contributed by atoms with Gasteiger partial charge in [-0.15, -0.1) is 13.2 Å². The van der Waals surface area contributed by atoms with Crippen LogP contribution in [0.4, 0.5) is 22.0 Å². The number of ketones is 1. The number of rotatable bonds is 3. The van der Waals surface area contributed by atoms with Crippen LogP contribution < -0.4 is 9.47 Å². The van der Waals surface area contributed by atoms with Crippen molar-refractivity contribution < 1.29 is 36.2 Å². The van der Waals surface area contributed by atoms with Gasteiger partial charge in [0.1, 0.15) is 13.3 Å². The summed E-state index contributed by atoms with van der Waals surface area (Å²) in [6.45, 7) is -2.68. The molecule has 0 amide bonds. The van der Waals surface area contributed by atoms with Crippen LogP contribution in [0.2, 0.25) is 0 Å². The number of hydrogen-bond acceptors (Lipinski definition) is 3. The van der Waals surface area contributed by atoms with Crippen LogP contribution in [-0.2, 0) is 0 Å². The third-order valence-electron chi connectivity index (χ3n) is 2.79. The highest BCUT2D eigenvalue weighted by molar-refractivity contribution is 6.01. The van der Waals surface area contributed by atoms with E-state index in [4.69, 9.17) is 4.74 Å². The normalized spacial score (nSPS) is 17.4. The van der Waals surface area contributed by atoms with Crippen molar-refractivity contribution in [1.82, 2.24) is 0 Å². The first-order valence-electron chi connectivity index (χ1n) is 5.53. The van der Waals surface area contributed by atoms with Crippen LogP contribution >= 0.6 is 0 Å². The third kappa shape index (κ3) is 2.68. The van der Waals surface area contributed by atoms with Gasteiger partial charge in [-0.25, -0.2) is 8.78 Å². The molecule has 0 N–H and O–H groups in total. The minimum Gasteiger partial charge on any atom is -0.477 e. The summed E-state index contributed by atoms with van der Waals surface area (Å²) in [5.41, 5.74) is -2.28. The first-order chi connectivity index (χ1) is 9.30. The van der Waals surface area contributed by atoms with Gasteiger partial charge < -0.3 is 9.47 Å². The van der Waals surface area contributed by atoms with Crippen LogP contribution in [0.5, 0.6) is 11.5 Å². The summed E-state index contributed by atoms with van der Waals surface area (Å²) < 4.78 is 71.2. The van der Waals surface area contributed by atoms with Crippen LogP contribution in [0.3, 0.4) is 0 Å². The number of para-hydroxylation sites is 1. The number of carbonyl (C=O) groups is 1. The van der Waals surface area contributed by atoms with E-state index in [1.807, 2.05) is 0 Å². The van der Waals surface area contributed by atoms with Gasteiger partial charge in [0.25, 0.3) is 0 Å². The molecule has 0 fully saturated rings. The Bertz CT molecular complexity index is 522. The standard InChI is InChI=1S/C12H9F5O3/c13-5-11(6-14)4-8(18)7-2-1-3-9(10(7)20-11)19-12(15,16)17/h1-3H,4-6H2. The monoisotopic (exact) mass is 296 g/mol. The lowest BCUT2D eigenvalue weighted by atomic mass is 9.91. The highest BCUT2D eigenvalue weighted by Gasteiger charge is 2.43. The van der Waals surface area contributed by atoms with E-state index in [0.29, 0.717) is 0 Å². The molecule has 1 aromatic carbocycles. The van der Waals surface area contributed by atoms with Crippen molar-refractivity contribution in [3.05, 3.63) is 23.8 Å². The van der Waals surface area contributed by atoms with Crippen molar-refractivity contribution in [2.75, 3.05) is 13.3 Å². The first kappa shape index (κ1) is 14.5. The summed E-state index contributed by atoms with van der Waals surface area (Å²) in [6.07, 6.45) is -5.59. The highest BCUT2D eigenvalue weighted by atomic mass is 19.4. The zero-order valence-corrected chi connectivity index (χ0v) is 9.97. The molecule has 0 spiro atoms. The van der Waals surface area contributed by atoms with Crippen molar-refractivity contribution in [2.45, 2.75) is 18.4 Å². The van der Waals surface area contributed by atoms with Crippen molar-refractivity contribution in [2.24, 2.45) is 0 Å². The Morgan fingerprint density at radius 2 is 1.90 bits per heavy atom. The maximum atomic E-state index is 12.9. The Labute approximate surface area is 110 Å². The molecule has 3 nitrogen and oxygen atoms in total. The number of ether oxygens (including phenoxy) is 2. The quantitative estimate of drug-likeness (QED) is 0.803. The number of fused-ring (bicyclic) bond motifs is 1. The second-order valence-corrected chi connectivity index (χ2v) is 4.33. The third-order valence-corrected chi connectivity index (χ3v) is 2.79. The lowest BCUT2D eigenvalue weighted by Gasteiger charge is -2.34. The maximum absolute atomic E-state index is 12.9. The van der Waals surface area contributed by atoms with Gasteiger partial charge >= 0.3 is 6.36 Å². The number of hydrogen-bond donors (Lipinski definition) is 0. The van der Waals surface area contributed by atoms with Gasteiger partial charge in [0.2, 0.25) is 0 Å². The predicted octanol–water partition coefficient (Wildman–Crippen LogP) is 3.23. The average molecular weight is 296 g/mol. The van der Waals surface area contributed by atoms with Gasteiger partial charge in [-0.05, 0) is 12.1 Å². The van der Waals surface area contributed by atoms with Gasteiger partial charge in [-0.2, -0.15) is 0 Å². The van der Waals surface area contributed by atoms with Crippen molar-refractivity contribution >= 4 is 5.78 Å². The summed E-state index contributed by atoms with van der Waals surface area (Å²) in [6, 6.07) is 3.28. The predicted molar refractivity (Wildman–Crippen MR) is 57.4 cm³/mol. The minimum atomic E-state index is -5.01. The topological polar surface area (TPSA) is 35.5 Å². The molecule has 0 aromatic heterocycles. The van der Waals surface area contributed by atoms with E-state index in [-0.39, 0.29) is 5.56 Å². The molecule has 2 rings (SSSR count). The molecule has 0 atom stereocenters. The van der Waals surface area contributed by atoms with E-state index in [1.54, 1.807) is 0 Å². The Balaban J connectivity index is 2.47. The fourth-order valence-electron chi connectivity index (χ4n) is 1.87. The summed E-state index contributed by atoms with van der Waals surface area (Å²) >= 11 is 0. The van der Waals surface area contributed by atoms with Gasteiger partial charge in [0, 0.05) is 0 Å². The van der Waals surface area contributed by atoms with Crippen molar-refractivity contribution in [1.29, 1.82) is 0 Å². The minimum absolute atomic E-state index is 0.190. The van der Waals surface area contributed by atoms with Crippen molar-refractivity contribution in [3.63, 3.8) is 0 Å². The highest BCUT2D eigenvalue weighted by Crippen LogP contribution is 2.42. The maximum Gasteiger partial charge on any atom is 0.573 e. The number of alkyl halides is 5. The smallest absolute Gasteiger partial charge is 0.477 e. The lowest BCUT2D eigenvalue weighted by molar-refractivity contribution is -0.275. The lowest BCUT2D eigenvalue weighted by Crippen LogP contribution is -2.46. The van der Waals surface area contributed by atoms with Crippen LogP contribution in [0.25, 0.3) is 0 Å². The Hall–Kier alpha value is -1.86. The molecule has 1 heterocycles. The Morgan fingerprint density at radius 1 is 1.25 bits per heavy atom. The molecular weight excluding hydrogens is 287 g/mol. The van der Waals surface area contributed by atoms with E-state index >= 15 is 0 Å². The van der Waals surface area contributed by atoms with Crippen LogP contribution in [0.15, 0.2) is 18.2 Å². The molecule has 0 radical (unpaired) electrons. The molecular formula is C12H9F5O3. The number of carbonyl (C=O) groups excluding carboxylic acids is 1. The van der Waals surface area contributed by atoms with Gasteiger partial charge in [-0.1, -0.05) is 6.07 Å². The van der Waals surface area contributed by atoms with E-state index in [0.717, 1.165) is 6.07 Å². The van der Waals surface area contributed by atoms with Crippen molar-refractivity contribution in [3.8, 4) is 11.5 Å². The second-order valence-electron chi connectivity index (χ2n) is 4.33. The molecule has 0 bridgehead atoms. The summed E-state index contributed by atoms with van der Waals surface area (Å²) in [5.74, 6) is -2.08. The van der Waals surface area contributed by atoms with E-state index < -0.39 is 49.0 Å². The van der Waals surface area contributed by atoms with Crippen LogP contribution in [0, 0.1) is 0 Å². The number of halogens is 5. The van der Waals surface area contributed by atoms with Gasteiger partial charge in [-0.3, -0.25) is 4.79 Å². The molecule has 1 aromatic rings. The summed E-state index contributed by atoms with van der Waals surface area (Å²) in [7, 11) is 0. The van der Waals surface area contributed by atoms with E-state index in [9.17, 15) is 26.7 Å². The summed E-state index contributed by atoms with van der Waals surface area (Å²) in [4.78, 5) is 11.8. The zero-order valence-electron chi connectivity index (χ0n) is 9.97. The molecule has 1 aliphatic heterocycles. The molecule has 110 valence electrons. The molecule has 20 heavy (non-hydrogen) atoms. The van der Waals surface area contributed by atoms with E-state index in [1.165, 1.54) is 12.1 Å². The molecule has 0 aliphatic carbocycles. The second kappa shape index (κ2) is 4.92. The fraction of sp³-hybridized carbons (Fsp3) is 0.417. The van der Waals surface area contributed by atoms with Gasteiger partial charge in [0.05, 0.1) is 12.0 Å². The summed E-state index contributed by atoms with van der Waals surface area (Å²) in [5, 5.41) is 0. The molecule has 8 heteroatoms. The first-order valence-corrected chi connectivity index (χ1v) is 5.53. The Kier molecular flexibility index (Phi) is 3.58. The molecule has 1 aliphatic rings. The van der Waals surface area contributed by atoms with Gasteiger partial charge in [0.15, 0.2) is 22.9 Å². The van der Waals surface area contributed by atoms with Crippen LogP contribution in [-0.4, -0.2) is 31.1 Å². The molecule has 0 saturated heterocycles. The Morgan fingerprint density at radius 3 is 2.45 bits per heavy atom.